The number of halogens is 1. The summed E-state index contributed by atoms with van der Waals surface area (Å²) in [5.74, 6) is 0.00718. The summed E-state index contributed by atoms with van der Waals surface area (Å²) < 4.78 is 0. The highest BCUT2D eigenvalue weighted by atomic mass is 35.5. The molecule has 110 valence electrons. The zero-order valence-electron chi connectivity index (χ0n) is 11.4. The van der Waals surface area contributed by atoms with Crippen LogP contribution in [0.2, 0.25) is 0 Å². The van der Waals surface area contributed by atoms with Gasteiger partial charge in [0.05, 0.1) is 5.71 Å². The molecule has 1 fully saturated rings. The molecule has 2 N–H and O–H groups in total. The van der Waals surface area contributed by atoms with Gasteiger partial charge in [-0.15, -0.1) is 11.6 Å². The first-order valence-corrected chi connectivity index (χ1v) is 7.46. The molecule has 0 aromatic heterocycles. The molecular weight excluding hydrogens is 290 g/mol. The normalized spacial score (nSPS) is 24.6. The fourth-order valence-electron chi connectivity index (χ4n) is 2.44. The Morgan fingerprint density at radius 3 is 2.52 bits per heavy atom. The fourth-order valence-corrected chi connectivity index (χ4v) is 2.87. The van der Waals surface area contributed by atoms with E-state index in [1.807, 2.05) is 24.3 Å². The number of nitrogens with zero attached hydrogens (tertiary/aromatic N) is 1. The van der Waals surface area contributed by atoms with E-state index >= 15 is 0 Å². The lowest BCUT2D eigenvalue weighted by molar-refractivity contribution is -0.122. The van der Waals surface area contributed by atoms with Gasteiger partial charge in [0.2, 0.25) is 11.8 Å². The van der Waals surface area contributed by atoms with Crippen molar-refractivity contribution in [2.45, 2.75) is 31.1 Å². The molecule has 1 heterocycles. The lowest BCUT2D eigenvalue weighted by Gasteiger charge is -2.29. The van der Waals surface area contributed by atoms with Gasteiger partial charge in [-0.3, -0.25) is 9.59 Å². The molecule has 2 aliphatic rings. The number of rotatable bonds is 3. The van der Waals surface area contributed by atoms with Crippen LogP contribution in [0.1, 0.15) is 31.2 Å². The van der Waals surface area contributed by atoms with Gasteiger partial charge in [-0.1, -0.05) is 12.1 Å². The SMILES string of the molecule is O=C1CCC(c2ccc(NC(=O)C3CC(Cl)C3)cc2)=NN1. The number of carbonyl (C=O) groups is 2. The van der Waals surface area contributed by atoms with Crippen LogP contribution in [0.15, 0.2) is 29.4 Å². The van der Waals surface area contributed by atoms with Crippen LogP contribution in [0.5, 0.6) is 0 Å². The van der Waals surface area contributed by atoms with Crippen molar-refractivity contribution < 1.29 is 9.59 Å². The van der Waals surface area contributed by atoms with Gasteiger partial charge in [-0.25, -0.2) is 5.43 Å². The molecule has 0 saturated heterocycles. The summed E-state index contributed by atoms with van der Waals surface area (Å²) in [5.41, 5.74) is 5.06. The van der Waals surface area contributed by atoms with E-state index in [4.69, 9.17) is 11.6 Å². The summed E-state index contributed by atoms with van der Waals surface area (Å²) in [5, 5.41) is 7.08. The Labute approximate surface area is 127 Å². The predicted molar refractivity (Wildman–Crippen MR) is 81.4 cm³/mol. The second-order valence-corrected chi connectivity index (χ2v) is 6.04. The third-order valence-corrected chi connectivity index (χ3v) is 4.20. The van der Waals surface area contributed by atoms with E-state index < -0.39 is 0 Å². The maximum Gasteiger partial charge on any atom is 0.240 e. The zero-order valence-corrected chi connectivity index (χ0v) is 12.2. The van der Waals surface area contributed by atoms with Crippen LogP contribution in [-0.2, 0) is 9.59 Å². The predicted octanol–water partition coefficient (Wildman–Crippen LogP) is 2.26. The largest absolute Gasteiger partial charge is 0.326 e. The van der Waals surface area contributed by atoms with Crippen LogP contribution in [0.3, 0.4) is 0 Å². The summed E-state index contributed by atoms with van der Waals surface area (Å²) in [6.45, 7) is 0. The van der Waals surface area contributed by atoms with Gasteiger partial charge < -0.3 is 5.32 Å². The van der Waals surface area contributed by atoms with E-state index in [-0.39, 0.29) is 23.1 Å². The van der Waals surface area contributed by atoms with Crippen molar-refractivity contribution in [2.75, 3.05) is 5.32 Å². The minimum atomic E-state index is -0.0549. The maximum absolute atomic E-state index is 11.9. The summed E-state index contributed by atoms with van der Waals surface area (Å²) in [7, 11) is 0. The van der Waals surface area contributed by atoms with Crippen molar-refractivity contribution in [2.24, 2.45) is 11.0 Å². The number of nitrogens with one attached hydrogen (secondary N) is 2. The monoisotopic (exact) mass is 305 g/mol. The number of hydrogen-bond donors (Lipinski definition) is 2. The van der Waals surface area contributed by atoms with Gasteiger partial charge in [-0.2, -0.15) is 5.10 Å². The van der Waals surface area contributed by atoms with Crippen LogP contribution >= 0.6 is 11.6 Å². The molecule has 3 rings (SSSR count). The Morgan fingerprint density at radius 1 is 1.24 bits per heavy atom. The van der Waals surface area contributed by atoms with Gasteiger partial charge in [-0.05, 0) is 30.5 Å². The van der Waals surface area contributed by atoms with E-state index in [0.29, 0.717) is 12.8 Å². The van der Waals surface area contributed by atoms with Crippen LogP contribution in [0.4, 0.5) is 5.69 Å². The van der Waals surface area contributed by atoms with Crippen LogP contribution in [0.25, 0.3) is 0 Å². The minimum absolute atomic E-state index is 0.0296. The van der Waals surface area contributed by atoms with Crippen molar-refractivity contribution in [1.29, 1.82) is 0 Å². The van der Waals surface area contributed by atoms with Crippen molar-refractivity contribution in [3.63, 3.8) is 0 Å². The smallest absolute Gasteiger partial charge is 0.240 e. The van der Waals surface area contributed by atoms with Gasteiger partial charge in [0.15, 0.2) is 0 Å². The average Bonchev–Trinajstić information content (AvgIpc) is 2.46. The van der Waals surface area contributed by atoms with Crippen LogP contribution in [-0.4, -0.2) is 22.9 Å². The molecule has 5 nitrogen and oxygen atoms in total. The van der Waals surface area contributed by atoms with Gasteiger partial charge in [0.1, 0.15) is 0 Å². The molecule has 1 aliphatic carbocycles. The van der Waals surface area contributed by atoms with E-state index in [0.717, 1.165) is 29.8 Å². The van der Waals surface area contributed by atoms with Crippen molar-refractivity contribution in [3.05, 3.63) is 29.8 Å². The molecule has 0 radical (unpaired) electrons. The van der Waals surface area contributed by atoms with Gasteiger partial charge in [0.25, 0.3) is 0 Å². The molecule has 2 amide bonds. The van der Waals surface area contributed by atoms with Gasteiger partial charge >= 0.3 is 0 Å². The van der Waals surface area contributed by atoms with Crippen LogP contribution < -0.4 is 10.7 Å². The maximum atomic E-state index is 11.9. The lowest BCUT2D eigenvalue weighted by atomic mass is 9.84. The molecule has 6 heteroatoms. The van der Waals surface area contributed by atoms with Crippen molar-refractivity contribution >= 4 is 34.8 Å². The standard InChI is InChI=1S/C15H16ClN3O2/c16-11-7-10(8-11)15(21)17-12-3-1-9(2-4-12)13-5-6-14(20)19-18-13/h1-4,10-11H,5-8H2,(H,17,21)(H,19,20). The summed E-state index contributed by atoms with van der Waals surface area (Å²) in [4.78, 5) is 23.0. The Morgan fingerprint density at radius 2 is 1.95 bits per heavy atom. The second-order valence-electron chi connectivity index (χ2n) is 5.43. The number of anilines is 1. The van der Waals surface area contributed by atoms with Gasteiger partial charge in [0, 0.05) is 29.8 Å². The van der Waals surface area contributed by atoms with E-state index in [9.17, 15) is 9.59 Å². The highest BCUT2D eigenvalue weighted by Crippen LogP contribution is 2.32. The first-order valence-electron chi connectivity index (χ1n) is 7.02. The second kappa shape index (κ2) is 5.85. The molecule has 1 aliphatic heterocycles. The summed E-state index contributed by atoms with van der Waals surface area (Å²) in [6.07, 6.45) is 2.60. The van der Waals surface area contributed by atoms with E-state index in [1.54, 1.807) is 0 Å². The Hall–Kier alpha value is -1.88. The Kier molecular flexibility index (Phi) is 3.92. The van der Waals surface area contributed by atoms with E-state index in [2.05, 4.69) is 15.8 Å². The molecule has 0 bridgehead atoms. The molecule has 0 atom stereocenters. The molecule has 0 unspecified atom stereocenters. The highest BCUT2D eigenvalue weighted by molar-refractivity contribution is 6.21. The lowest BCUT2D eigenvalue weighted by Crippen LogP contribution is -2.34. The third-order valence-electron chi connectivity index (χ3n) is 3.84. The topological polar surface area (TPSA) is 70.6 Å². The summed E-state index contributed by atoms with van der Waals surface area (Å²) >= 11 is 5.88. The average molecular weight is 306 g/mol. The van der Waals surface area contributed by atoms with Crippen molar-refractivity contribution in [1.82, 2.24) is 5.43 Å². The quantitative estimate of drug-likeness (QED) is 0.841. The first kappa shape index (κ1) is 14.1. The highest BCUT2D eigenvalue weighted by Gasteiger charge is 2.33. The molecule has 1 saturated carbocycles. The Balaban J connectivity index is 1.61. The molecule has 1 aromatic rings. The molecule has 21 heavy (non-hydrogen) atoms. The Bertz CT molecular complexity index is 591. The fraction of sp³-hybridized carbons (Fsp3) is 0.400. The van der Waals surface area contributed by atoms with Crippen molar-refractivity contribution in [3.8, 4) is 0 Å². The summed E-state index contributed by atoms with van der Waals surface area (Å²) in [6, 6.07) is 7.50. The van der Waals surface area contributed by atoms with E-state index in [1.165, 1.54) is 0 Å². The molecule has 1 aromatic carbocycles. The number of carbonyl (C=O) groups excluding carboxylic acids is 2. The number of amides is 2. The molecule has 0 spiro atoms. The first-order chi connectivity index (χ1) is 10.1. The van der Waals surface area contributed by atoms with Crippen LogP contribution in [0, 0.1) is 5.92 Å². The molecular formula is C15H16ClN3O2. The number of hydrazone groups is 1. The number of hydrogen-bond acceptors (Lipinski definition) is 3. The number of alkyl halides is 1. The number of benzene rings is 1. The zero-order chi connectivity index (χ0) is 14.8. The minimum Gasteiger partial charge on any atom is -0.326 e. The third kappa shape index (κ3) is 3.24.